The molecule has 0 amide bonds. The van der Waals surface area contributed by atoms with E-state index in [9.17, 15) is 26.3 Å². The number of amidine groups is 1. The summed E-state index contributed by atoms with van der Waals surface area (Å²) in [5.74, 6) is -2.21. The molecular formula is C5H4F6N2. The van der Waals surface area contributed by atoms with E-state index in [1.54, 1.807) is 0 Å². The van der Waals surface area contributed by atoms with E-state index in [0.717, 1.165) is 6.92 Å². The first-order valence-corrected chi connectivity index (χ1v) is 2.89. The molecule has 0 rings (SSSR count). The third-order valence-electron chi connectivity index (χ3n) is 0.738. The number of hydrogen-bond acceptors (Lipinski definition) is 1. The Morgan fingerprint density at radius 3 is 1.77 bits per heavy atom. The topological polar surface area (TPSA) is 24.7 Å². The van der Waals surface area contributed by atoms with Crippen LogP contribution in [-0.4, -0.2) is 24.5 Å². The minimum Gasteiger partial charge on any atom is -0.238 e. The first-order chi connectivity index (χ1) is 5.67. The second-order valence-corrected chi connectivity index (χ2v) is 1.79. The second-order valence-electron chi connectivity index (χ2n) is 1.79. The largest absolute Gasteiger partial charge is 0.505 e. The molecule has 0 fully saturated rings. The lowest BCUT2D eigenvalue weighted by Crippen LogP contribution is -2.24. The molecular weight excluding hydrogens is 202 g/mol. The van der Waals surface area contributed by atoms with Gasteiger partial charge in [-0.15, -0.1) is 13.2 Å². The number of aliphatic imine (C=N–C) groups is 2. The molecule has 0 aliphatic heterocycles. The van der Waals surface area contributed by atoms with Crippen molar-refractivity contribution in [2.24, 2.45) is 9.98 Å². The van der Waals surface area contributed by atoms with Crippen molar-refractivity contribution in [3.63, 3.8) is 0 Å². The SMILES string of the molecule is C/C=N\C(=NC(F)(F)F)C(F)(F)F. The Kier molecular flexibility index (Phi) is 3.44. The molecule has 0 spiro atoms. The fourth-order valence-corrected chi connectivity index (χ4v) is 0.408. The first-order valence-electron chi connectivity index (χ1n) is 2.89. The van der Waals surface area contributed by atoms with Gasteiger partial charge in [0.1, 0.15) is 0 Å². The van der Waals surface area contributed by atoms with Crippen molar-refractivity contribution >= 4 is 12.1 Å². The summed E-state index contributed by atoms with van der Waals surface area (Å²) in [5, 5.41) is 0. The van der Waals surface area contributed by atoms with Crippen LogP contribution in [0.15, 0.2) is 9.98 Å². The number of hydrogen-bond donors (Lipinski definition) is 0. The van der Waals surface area contributed by atoms with Gasteiger partial charge in [-0.25, -0.2) is 4.99 Å². The third kappa shape index (κ3) is 5.21. The molecule has 0 saturated heterocycles. The van der Waals surface area contributed by atoms with Crippen molar-refractivity contribution < 1.29 is 26.3 Å². The lowest BCUT2D eigenvalue weighted by Gasteiger charge is -2.06. The summed E-state index contributed by atoms with van der Waals surface area (Å²) in [7, 11) is 0. The smallest absolute Gasteiger partial charge is 0.238 e. The lowest BCUT2D eigenvalue weighted by atomic mass is 10.6. The molecule has 0 aromatic carbocycles. The van der Waals surface area contributed by atoms with Crippen LogP contribution in [0.5, 0.6) is 0 Å². The van der Waals surface area contributed by atoms with Crippen molar-refractivity contribution in [3.05, 3.63) is 0 Å². The van der Waals surface area contributed by atoms with Crippen LogP contribution in [-0.2, 0) is 0 Å². The maximum Gasteiger partial charge on any atom is 0.505 e. The van der Waals surface area contributed by atoms with Crippen LogP contribution in [0.25, 0.3) is 0 Å². The number of alkyl halides is 6. The third-order valence-corrected chi connectivity index (χ3v) is 0.738. The highest BCUT2D eigenvalue weighted by Gasteiger charge is 2.40. The quantitative estimate of drug-likeness (QED) is 0.252. The van der Waals surface area contributed by atoms with Gasteiger partial charge in [-0.3, -0.25) is 0 Å². The zero-order valence-corrected chi connectivity index (χ0v) is 6.24. The summed E-state index contributed by atoms with van der Waals surface area (Å²) in [6, 6.07) is 0. The van der Waals surface area contributed by atoms with Crippen LogP contribution in [0.2, 0.25) is 0 Å². The van der Waals surface area contributed by atoms with Gasteiger partial charge in [-0.1, -0.05) is 0 Å². The van der Waals surface area contributed by atoms with Crippen molar-refractivity contribution in [3.8, 4) is 0 Å². The molecule has 0 aliphatic carbocycles. The van der Waals surface area contributed by atoms with Gasteiger partial charge in [0, 0.05) is 6.21 Å². The Morgan fingerprint density at radius 2 is 1.54 bits per heavy atom. The second kappa shape index (κ2) is 3.75. The molecule has 76 valence electrons. The zero-order chi connectivity index (χ0) is 10.7. The maximum atomic E-state index is 11.7. The van der Waals surface area contributed by atoms with Crippen LogP contribution in [0.3, 0.4) is 0 Å². The summed E-state index contributed by atoms with van der Waals surface area (Å²) in [6.45, 7) is 1.05. The standard InChI is InChI=1S/C5H4F6N2/c1-2-12-3(4(6,7)8)13-5(9,10)11/h2H,1H3/b12-2-,13-3?. The molecule has 0 aromatic heterocycles. The highest BCUT2D eigenvalue weighted by Crippen LogP contribution is 2.24. The van der Waals surface area contributed by atoms with Crippen molar-refractivity contribution in [2.75, 3.05) is 0 Å². The molecule has 0 aromatic rings. The minimum absolute atomic E-state index is 0.581. The molecule has 8 heteroatoms. The molecule has 13 heavy (non-hydrogen) atoms. The summed E-state index contributed by atoms with van der Waals surface area (Å²) < 4.78 is 69.3. The normalized spacial score (nSPS) is 15.5. The van der Waals surface area contributed by atoms with Crippen molar-refractivity contribution in [1.29, 1.82) is 0 Å². The average molecular weight is 206 g/mol. The van der Waals surface area contributed by atoms with E-state index in [1.165, 1.54) is 4.99 Å². The molecule has 0 heterocycles. The minimum atomic E-state index is -5.27. The highest BCUT2D eigenvalue weighted by molar-refractivity contribution is 5.93. The fraction of sp³-hybridized carbons (Fsp3) is 0.600. The van der Waals surface area contributed by atoms with Gasteiger partial charge >= 0.3 is 12.5 Å². The number of rotatable bonds is 0. The molecule has 0 aliphatic rings. The van der Waals surface area contributed by atoms with Gasteiger partial charge in [0.25, 0.3) is 0 Å². The van der Waals surface area contributed by atoms with E-state index in [0.29, 0.717) is 6.21 Å². The molecule has 0 radical (unpaired) electrons. The summed E-state index contributed by atoms with van der Waals surface area (Å²) >= 11 is 0. The van der Waals surface area contributed by atoms with E-state index in [2.05, 4.69) is 4.99 Å². The number of halogens is 6. The molecule has 0 unspecified atom stereocenters. The van der Waals surface area contributed by atoms with Crippen LogP contribution < -0.4 is 0 Å². The van der Waals surface area contributed by atoms with Crippen LogP contribution in [0.1, 0.15) is 6.92 Å². The van der Waals surface area contributed by atoms with Gasteiger partial charge in [-0.2, -0.15) is 18.2 Å². The van der Waals surface area contributed by atoms with Gasteiger partial charge < -0.3 is 0 Å². The predicted molar refractivity (Wildman–Crippen MR) is 33.7 cm³/mol. The Bertz CT molecular complexity index is 222. The molecule has 2 nitrogen and oxygen atoms in total. The van der Waals surface area contributed by atoms with E-state index < -0.39 is 18.3 Å². The van der Waals surface area contributed by atoms with Crippen LogP contribution in [0, 0.1) is 0 Å². The van der Waals surface area contributed by atoms with Gasteiger partial charge in [0.2, 0.25) is 5.84 Å². The maximum absolute atomic E-state index is 11.7. The van der Waals surface area contributed by atoms with Gasteiger partial charge in [-0.05, 0) is 6.92 Å². The monoisotopic (exact) mass is 206 g/mol. The van der Waals surface area contributed by atoms with Gasteiger partial charge in [0.15, 0.2) is 0 Å². The molecule has 0 atom stereocenters. The first kappa shape index (κ1) is 11.9. The number of nitrogens with zero attached hydrogens (tertiary/aromatic N) is 2. The van der Waals surface area contributed by atoms with E-state index in [-0.39, 0.29) is 0 Å². The van der Waals surface area contributed by atoms with Crippen LogP contribution in [0.4, 0.5) is 26.3 Å². The highest BCUT2D eigenvalue weighted by atomic mass is 19.4. The Balaban J connectivity index is 4.94. The lowest BCUT2D eigenvalue weighted by molar-refractivity contribution is -0.125. The Hall–Kier alpha value is -1.08. The molecule has 0 N–H and O–H groups in total. The molecule has 0 saturated carbocycles. The van der Waals surface area contributed by atoms with E-state index in [1.807, 2.05) is 0 Å². The molecule has 0 bridgehead atoms. The zero-order valence-electron chi connectivity index (χ0n) is 6.24. The van der Waals surface area contributed by atoms with Crippen molar-refractivity contribution in [1.82, 2.24) is 0 Å². The fourth-order valence-electron chi connectivity index (χ4n) is 0.408. The summed E-state index contributed by atoms with van der Waals surface area (Å²) in [5.41, 5.74) is 0. The van der Waals surface area contributed by atoms with Crippen molar-refractivity contribution in [2.45, 2.75) is 19.4 Å². The van der Waals surface area contributed by atoms with Crippen LogP contribution >= 0.6 is 0 Å². The Labute approximate surface area is 69.0 Å². The Morgan fingerprint density at radius 1 is 1.08 bits per heavy atom. The predicted octanol–water partition coefficient (Wildman–Crippen LogP) is 2.56. The van der Waals surface area contributed by atoms with E-state index in [4.69, 9.17) is 0 Å². The summed E-state index contributed by atoms with van der Waals surface area (Å²) in [4.78, 5) is 3.92. The summed E-state index contributed by atoms with van der Waals surface area (Å²) in [6.07, 6.45) is -9.88. The van der Waals surface area contributed by atoms with Gasteiger partial charge in [0.05, 0.1) is 0 Å². The van der Waals surface area contributed by atoms with E-state index >= 15 is 0 Å². The average Bonchev–Trinajstić information content (AvgIpc) is 1.81.